The van der Waals surface area contributed by atoms with Gasteiger partial charge < -0.3 is 14.8 Å². The Balaban J connectivity index is 0.00000180. The Morgan fingerprint density at radius 3 is 2.79 bits per heavy atom. The van der Waals surface area contributed by atoms with Crippen LogP contribution in [0.2, 0.25) is 0 Å². The second kappa shape index (κ2) is 5.65. The van der Waals surface area contributed by atoms with Crippen LogP contribution in [-0.4, -0.2) is 19.8 Å². The maximum Gasteiger partial charge on any atom is 0.407 e. The van der Waals surface area contributed by atoms with E-state index in [0.29, 0.717) is 6.61 Å². The number of carbonyl (C=O) groups is 1. The zero-order valence-corrected chi connectivity index (χ0v) is 11.8. The van der Waals surface area contributed by atoms with E-state index in [2.05, 4.69) is 5.32 Å². The number of nitrogens with one attached hydrogen (secondary N) is 1. The number of alkyl carbamates (subject to hydrolysis) is 1. The molecule has 1 aliphatic heterocycles. The van der Waals surface area contributed by atoms with E-state index in [0.717, 1.165) is 5.56 Å². The Kier molecular flexibility index (Phi) is 4.63. The quantitative estimate of drug-likeness (QED) is 0.910. The fraction of sp³-hybridized carbons (Fsp3) is 0.462. The molecule has 0 aliphatic carbocycles. The lowest BCUT2D eigenvalue weighted by atomic mass is 9.80. The van der Waals surface area contributed by atoms with Crippen molar-refractivity contribution >= 4 is 18.5 Å². The predicted octanol–water partition coefficient (Wildman–Crippen LogP) is 3.06. The van der Waals surface area contributed by atoms with Crippen molar-refractivity contribution in [3.05, 3.63) is 29.6 Å². The number of amides is 1. The van der Waals surface area contributed by atoms with Gasteiger partial charge in [-0.25, -0.2) is 9.18 Å². The van der Waals surface area contributed by atoms with Crippen LogP contribution < -0.4 is 10.1 Å². The summed E-state index contributed by atoms with van der Waals surface area (Å²) in [7, 11) is 1.41. The predicted molar refractivity (Wildman–Crippen MR) is 71.2 cm³/mol. The van der Waals surface area contributed by atoms with E-state index in [4.69, 9.17) is 9.47 Å². The number of rotatable bonds is 2. The third-order valence-electron chi connectivity index (χ3n) is 3.13. The lowest BCUT2D eigenvalue weighted by Crippen LogP contribution is -2.46. The van der Waals surface area contributed by atoms with E-state index >= 15 is 0 Å². The number of halogens is 2. The van der Waals surface area contributed by atoms with E-state index in [9.17, 15) is 9.18 Å². The van der Waals surface area contributed by atoms with Gasteiger partial charge in [0.25, 0.3) is 0 Å². The number of carbonyl (C=O) groups excluding carboxylic acids is 1. The SMILES string of the molecule is COc1cc([C@H]2NC(=O)OCC2(C)C)ccc1F.Cl. The van der Waals surface area contributed by atoms with Gasteiger partial charge in [0.1, 0.15) is 6.61 Å². The molecule has 0 radical (unpaired) electrons. The monoisotopic (exact) mass is 289 g/mol. The van der Waals surface area contributed by atoms with Crippen LogP contribution in [0.15, 0.2) is 18.2 Å². The van der Waals surface area contributed by atoms with Crippen LogP contribution in [-0.2, 0) is 4.74 Å². The summed E-state index contributed by atoms with van der Waals surface area (Å²) in [4.78, 5) is 11.3. The lowest BCUT2D eigenvalue weighted by molar-refractivity contribution is 0.0386. The second-order valence-corrected chi connectivity index (χ2v) is 5.04. The minimum absolute atomic E-state index is 0. The van der Waals surface area contributed by atoms with Gasteiger partial charge in [-0.2, -0.15) is 0 Å². The number of ether oxygens (including phenoxy) is 2. The van der Waals surface area contributed by atoms with Gasteiger partial charge >= 0.3 is 6.09 Å². The third-order valence-corrected chi connectivity index (χ3v) is 3.13. The summed E-state index contributed by atoms with van der Waals surface area (Å²) in [6.07, 6.45) is -0.456. The number of methoxy groups -OCH3 is 1. The zero-order chi connectivity index (χ0) is 13.3. The summed E-state index contributed by atoms with van der Waals surface area (Å²) in [6.45, 7) is 4.28. The van der Waals surface area contributed by atoms with Crippen LogP contribution in [0.4, 0.5) is 9.18 Å². The summed E-state index contributed by atoms with van der Waals surface area (Å²) in [6, 6.07) is 4.36. The molecule has 1 N–H and O–H groups in total. The Morgan fingerprint density at radius 2 is 2.16 bits per heavy atom. The minimum atomic E-state index is -0.456. The molecule has 0 saturated carbocycles. The fourth-order valence-electron chi connectivity index (χ4n) is 2.08. The van der Waals surface area contributed by atoms with Gasteiger partial charge in [0.15, 0.2) is 11.6 Å². The molecule has 0 bridgehead atoms. The van der Waals surface area contributed by atoms with Crippen molar-refractivity contribution in [2.24, 2.45) is 5.41 Å². The van der Waals surface area contributed by atoms with Gasteiger partial charge in [0.05, 0.1) is 13.2 Å². The first kappa shape index (κ1) is 15.6. The molecule has 1 saturated heterocycles. The molecular formula is C13H17ClFNO3. The van der Waals surface area contributed by atoms with E-state index in [1.165, 1.54) is 13.2 Å². The molecule has 0 aromatic heterocycles. The molecule has 0 unspecified atom stereocenters. The third kappa shape index (κ3) is 3.10. The second-order valence-electron chi connectivity index (χ2n) is 5.04. The molecule has 1 atom stereocenters. The maximum atomic E-state index is 13.4. The Hall–Kier alpha value is -1.49. The highest BCUT2D eigenvalue weighted by Crippen LogP contribution is 2.37. The average molecular weight is 290 g/mol. The number of hydrogen-bond acceptors (Lipinski definition) is 3. The molecule has 1 heterocycles. The Morgan fingerprint density at radius 1 is 1.47 bits per heavy atom. The summed E-state index contributed by atoms with van der Waals surface area (Å²) in [5, 5.41) is 2.75. The number of cyclic esters (lactones) is 1. The van der Waals surface area contributed by atoms with Crippen molar-refractivity contribution in [2.45, 2.75) is 19.9 Å². The molecule has 1 aromatic rings. The first-order valence-electron chi connectivity index (χ1n) is 5.71. The largest absolute Gasteiger partial charge is 0.494 e. The first-order valence-corrected chi connectivity index (χ1v) is 5.71. The van der Waals surface area contributed by atoms with E-state index in [1.54, 1.807) is 12.1 Å². The molecule has 4 nitrogen and oxygen atoms in total. The van der Waals surface area contributed by atoms with Crippen LogP contribution in [0, 0.1) is 11.2 Å². The van der Waals surface area contributed by atoms with Crippen molar-refractivity contribution in [3.63, 3.8) is 0 Å². The van der Waals surface area contributed by atoms with Gasteiger partial charge in [0.2, 0.25) is 0 Å². The highest BCUT2D eigenvalue weighted by Gasteiger charge is 2.38. The molecule has 19 heavy (non-hydrogen) atoms. The van der Waals surface area contributed by atoms with Gasteiger partial charge in [-0.3, -0.25) is 0 Å². The summed E-state index contributed by atoms with van der Waals surface area (Å²) < 4.78 is 23.3. The van der Waals surface area contributed by atoms with Crippen LogP contribution in [0.5, 0.6) is 5.75 Å². The maximum absolute atomic E-state index is 13.4. The smallest absolute Gasteiger partial charge is 0.407 e. The Labute approximate surface area is 117 Å². The molecule has 0 spiro atoms. The van der Waals surface area contributed by atoms with Crippen LogP contribution in [0.25, 0.3) is 0 Å². The highest BCUT2D eigenvalue weighted by molar-refractivity contribution is 5.85. The normalized spacial score (nSPS) is 20.8. The van der Waals surface area contributed by atoms with E-state index in [-0.39, 0.29) is 29.6 Å². The van der Waals surface area contributed by atoms with Crippen molar-refractivity contribution in [2.75, 3.05) is 13.7 Å². The fourth-order valence-corrected chi connectivity index (χ4v) is 2.08. The molecule has 1 amide bonds. The molecule has 2 rings (SSSR count). The molecule has 1 aromatic carbocycles. The summed E-state index contributed by atoms with van der Waals surface area (Å²) >= 11 is 0. The number of benzene rings is 1. The summed E-state index contributed by atoms with van der Waals surface area (Å²) in [5.41, 5.74) is 0.534. The van der Waals surface area contributed by atoms with Gasteiger partial charge in [0, 0.05) is 5.41 Å². The minimum Gasteiger partial charge on any atom is -0.494 e. The van der Waals surface area contributed by atoms with Gasteiger partial charge in [-0.1, -0.05) is 19.9 Å². The standard InChI is InChI=1S/C13H16FNO3.ClH/c1-13(2)7-18-12(16)15-11(13)8-4-5-9(14)10(6-8)17-3;/h4-6,11H,7H2,1-3H3,(H,15,16);1H/t11-;/m1./s1. The van der Waals surface area contributed by atoms with Crippen LogP contribution >= 0.6 is 12.4 Å². The van der Waals surface area contributed by atoms with Crippen molar-refractivity contribution < 1.29 is 18.7 Å². The van der Waals surface area contributed by atoms with Crippen molar-refractivity contribution in [1.29, 1.82) is 0 Å². The van der Waals surface area contributed by atoms with Gasteiger partial charge in [-0.05, 0) is 17.7 Å². The zero-order valence-electron chi connectivity index (χ0n) is 11.0. The summed E-state index contributed by atoms with van der Waals surface area (Å²) in [5.74, 6) is -0.249. The van der Waals surface area contributed by atoms with Crippen molar-refractivity contribution in [3.8, 4) is 5.75 Å². The van der Waals surface area contributed by atoms with Crippen molar-refractivity contribution in [1.82, 2.24) is 5.32 Å². The van der Waals surface area contributed by atoms with E-state index < -0.39 is 11.9 Å². The average Bonchev–Trinajstić information content (AvgIpc) is 2.33. The number of hydrogen-bond donors (Lipinski definition) is 1. The van der Waals surface area contributed by atoms with Crippen LogP contribution in [0.1, 0.15) is 25.5 Å². The first-order chi connectivity index (χ1) is 8.44. The van der Waals surface area contributed by atoms with Gasteiger partial charge in [-0.15, -0.1) is 12.4 Å². The molecular weight excluding hydrogens is 273 g/mol. The Bertz CT molecular complexity index is 479. The molecule has 106 valence electrons. The molecule has 1 fully saturated rings. The topological polar surface area (TPSA) is 47.6 Å². The van der Waals surface area contributed by atoms with Crippen LogP contribution in [0.3, 0.4) is 0 Å². The highest BCUT2D eigenvalue weighted by atomic mass is 35.5. The van der Waals surface area contributed by atoms with E-state index in [1.807, 2.05) is 13.8 Å². The lowest BCUT2D eigenvalue weighted by Gasteiger charge is -2.38. The molecule has 6 heteroatoms. The molecule has 1 aliphatic rings.